The van der Waals surface area contributed by atoms with Gasteiger partial charge in [-0.2, -0.15) is 0 Å². The maximum atomic E-state index is 13.4. The van der Waals surface area contributed by atoms with Gasteiger partial charge in [0.1, 0.15) is 9.84 Å². The lowest BCUT2D eigenvalue weighted by Crippen LogP contribution is -2.28. The lowest BCUT2D eigenvalue weighted by Gasteiger charge is -2.28. The first-order valence-corrected chi connectivity index (χ1v) is 11.1. The highest BCUT2D eigenvalue weighted by atomic mass is 32.2. The first-order valence-electron chi connectivity index (χ1n) is 9.04. The first-order chi connectivity index (χ1) is 12.6. The minimum absolute atomic E-state index is 0.0322. The number of sulfone groups is 1. The normalized spacial score (nSPS) is 18.2. The molecule has 1 N–H and O–H groups in total. The molecule has 1 fully saturated rings. The monoisotopic (exact) mass is 402 g/mol. The Morgan fingerprint density at radius 1 is 1.26 bits per heavy atom. The molecule has 9 heteroatoms. The minimum Gasteiger partial charge on any atom is -0.408 e. The summed E-state index contributed by atoms with van der Waals surface area (Å²) >= 11 is 0. The minimum atomic E-state index is -3.03. The average molecular weight is 402 g/mol. The lowest BCUT2D eigenvalue weighted by molar-refractivity contribution is -0.0382. The largest absolute Gasteiger partial charge is 0.419 e. The molecule has 0 bridgehead atoms. The van der Waals surface area contributed by atoms with Crippen LogP contribution in [0.25, 0.3) is 11.1 Å². The van der Waals surface area contributed by atoms with Crippen molar-refractivity contribution in [2.75, 3.05) is 25.1 Å². The van der Waals surface area contributed by atoms with Crippen LogP contribution in [0.15, 0.2) is 27.4 Å². The second-order valence-corrected chi connectivity index (χ2v) is 9.52. The fourth-order valence-corrected chi connectivity index (χ4v) is 4.01. The smallest absolute Gasteiger partial charge is 0.408 e. The van der Waals surface area contributed by atoms with Crippen molar-refractivity contribution in [3.05, 3.63) is 34.3 Å². The molecule has 3 rings (SSSR count). The Labute approximate surface area is 156 Å². The number of halogens is 2. The SMILES string of the molecule is CS(=O)(=O)CCNCCn1c(=O)oc2ccc(C3CCC(F)(F)CC3)cc21. The van der Waals surface area contributed by atoms with Gasteiger partial charge in [-0.3, -0.25) is 4.57 Å². The molecule has 2 aromatic rings. The molecular weight excluding hydrogens is 378 g/mol. The summed E-state index contributed by atoms with van der Waals surface area (Å²) < 4.78 is 55.8. The van der Waals surface area contributed by atoms with Crippen molar-refractivity contribution in [2.45, 2.75) is 44.1 Å². The molecule has 27 heavy (non-hydrogen) atoms. The van der Waals surface area contributed by atoms with Gasteiger partial charge in [-0.1, -0.05) is 6.07 Å². The van der Waals surface area contributed by atoms with Crippen molar-refractivity contribution < 1.29 is 21.6 Å². The molecule has 150 valence electrons. The van der Waals surface area contributed by atoms with E-state index in [9.17, 15) is 22.0 Å². The summed E-state index contributed by atoms with van der Waals surface area (Å²) in [5.74, 6) is -2.97. The molecule has 1 saturated carbocycles. The maximum absolute atomic E-state index is 13.4. The molecule has 6 nitrogen and oxygen atoms in total. The van der Waals surface area contributed by atoms with Crippen LogP contribution in [0.3, 0.4) is 0 Å². The predicted octanol–water partition coefficient (Wildman–Crippen LogP) is 2.52. The molecule has 0 radical (unpaired) electrons. The van der Waals surface area contributed by atoms with E-state index in [0.717, 1.165) is 5.56 Å². The molecule has 1 aliphatic rings. The third-order valence-electron chi connectivity index (χ3n) is 5.04. The zero-order chi connectivity index (χ0) is 19.7. The predicted molar refractivity (Wildman–Crippen MR) is 99.2 cm³/mol. The van der Waals surface area contributed by atoms with Crippen LogP contribution in [0.4, 0.5) is 8.78 Å². The number of hydrogen-bond acceptors (Lipinski definition) is 5. The number of hydrogen-bond donors (Lipinski definition) is 1. The third-order valence-corrected chi connectivity index (χ3v) is 5.99. The number of benzene rings is 1. The summed E-state index contributed by atoms with van der Waals surface area (Å²) in [6, 6.07) is 5.41. The van der Waals surface area contributed by atoms with Gasteiger partial charge < -0.3 is 9.73 Å². The summed E-state index contributed by atoms with van der Waals surface area (Å²) in [6.07, 6.45) is 1.79. The quantitative estimate of drug-likeness (QED) is 0.720. The number of aromatic nitrogens is 1. The zero-order valence-electron chi connectivity index (χ0n) is 15.2. The van der Waals surface area contributed by atoms with Gasteiger partial charge in [0.15, 0.2) is 5.58 Å². The average Bonchev–Trinajstić information content (AvgIpc) is 2.88. The fourth-order valence-electron chi connectivity index (χ4n) is 3.49. The van der Waals surface area contributed by atoms with E-state index in [0.29, 0.717) is 43.6 Å². The number of nitrogens with zero attached hydrogens (tertiary/aromatic N) is 1. The number of nitrogens with one attached hydrogen (secondary N) is 1. The van der Waals surface area contributed by atoms with Gasteiger partial charge in [-0.15, -0.1) is 0 Å². The van der Waals surface area contributed by atoms with Gasteiger partial charge in [-0.05, 0) is 36.5 Å². The van der Waals surface area contributed by atoms with E-state index in [-0.39, 0.29) is 24.5 Å². The van der Waals surface area contributed by atoms with E-state index in [4.69, 9.17) is 4.42 Å². The van der Waals surface area contributed by atoms with Crippen LogP contribution in [0.2, 0.25) is 0 Å². The third kappa shape index (κ3) is 5.16. The van der Waals surface area contributed by atoms with E-state index in [1.165, 1.54) is 10.8 Å². The molecule has 0 unspecified atom stereocenters. The second kappa shape index (κ2) is 7.71. The van der Waals surface area contributed by atoms with Crippen molar-refractivity contribution in [1.29, 1.82) is 0 Å². The number of oxazole rings is 1. The molecule has 0 amide bonds. The summed E-state index contributed by atoms with van der Waals surface area (Å²) in [7, 11) is -3.03. The molecule has 0 atom stereocenters. The van der Waals surface area contributed by atoms with E-state index < -0.39 is 21.5 Å². The van der Waals surface area contributed by atoms with Crippen LogP contribution in [-0.4, -0.2) is 44.0 Å². The molecule has 0 saturated heterocycles. The molecule has 1 aliphatic carbocycles. The van der Waals surface area contributed by atoms with Crippen LogP contribution < -0.4 is 11.1 Å². The lowest BCUT2D eigenvalue weighted by atomic mass is 9.82. The van der Waals surface area contributed by atoms with Gasteiger partial charge in [0.05, 0.1) is 11.3 Å². The number of rotatable bonds is 7. The number of fused-ring (bicyclic) bond motifs is 1. The van der Waals surface area contributed by atoms with Crippen molar-refractivity contribution in [3.8, 4) is 0 Å². The Bertz CT molecular complexity index is 955. The molecule has 1 heterocycles. The van der Waals surface area contributed by atoms with Crippen LogP contribution in [0, 0.1) is 0 Å². The molecule has 0 aliphatic heterocycles. The van der Waals surface area contributed by atoms with Gasteiger partial charge in [-0.25, -0.2) is 22.0 Å². The van der Waals surface area contributed by atoms with E-state index in [1.54, 1.807) is 6.07 Å². The highest BCUT2D eigenvalue weighted by molar-refractivity contribution is 7.90. The maximum Gasteiger partial charge on any atom is 0.419 e. The van der Waals surface area contributed by atoms with E-state index in [2.05, 4.69) is 5.32 Å². The summed E-state index contributed by atoms with van der Waals surface area (Å²) in [5, 5.41) is 3.00. The van der Waals surface area contributed by atoms with E-state index >= 15 is 0 Å². The van der Waals surface area contributed by atoms with Crippen LogP contribution in [0.1, 0.15) is 37.2 Å². The molecule has 0 spiro atoms. The standard InChI is InChI=1S/C18H24F2N2O4S/c1-27(24,25)11-9-21-8-10-22-15-12-14(2-3-16(15)26-17(22)23)13-4-6-18(19,20)7-5-13/h2-3,12-13,21H,4-11H2,1H3. The topological polar surface area (TPSA) is 81.3 Å². The van der Waals surface area contributed by atoms with E-state index in [1.807, 2.05) is 12.1 Å². The number of alkyl halides is 2. The van der Waals surface area contributed by atoms with Crippen LogP contribution in [0.5, 0.6) is 0 Å². The van der Waals surface area contributed by atoms with Crippen molar-refractivity contribution in [1.82, 2.24) is 9.88 Å². The van der Waals surface area contributed by atoms with Crippen LogP contribution in [-0.2, 0) is 16.4 Å². The summed E-state index contributed by atoms with van der Waals surface area (Å²) in [4.78, 5) is 12.1. The Morgan fingerprint density at radius 2 is 1.96 bits per heavy atom. The first kappa shape index (κ1) is 20.0. The molecular formula is C18H24F2N2O4S. The summed E-state index contributed by atoms with van der Waals surface area (Å²) in [6.45, 7) is 1.07. The Morgan fingerprint density at radius 3 is 2.63 bits per heavy atom. The van der Waals surface area contributed by atoms with Crippen molar-refractivity contribution in [2.24, 2.45) is 0 Å². The van der Waals surface area contributed by atoms with Gasteiger partial charge in [0, 0.05) is 38.7 Å². The molecule has 1 aromatic heterocycles. The highest BCUT2D eigenvalue weighted by Crippen LogP contribution is 2.41. The zero-order valence-corrected chi connectivity index (χ0v) is 16.0. The van der Waals surface area contributed by atoms with Gasteiger partial charge in [0.25, 0.3) is 0 Å². The molecule has 1 aromatic carbocycles. The van der Waals surface area contributed by atoms with Gasteiger partial charge in [0.2, 0.25) is 5.92 Å². The highest BCUT2D eigenvalue weighted by Gasteiger charge is 2.35. The Kier molecular flexibility index (Phi) is 5.71. The summed E-state index contributed by atoms with van der Waals surface area (Å²) in [5.41, 5.74) is 2.04. The van der Waals surface area contributed by atoms with Crippen molar-refractivity contribution >= 4 is 20.9 Å². The second-order valence-electron chi connectivity index (χ2n) is 7.26. The Balaban J connectivity index is 1.70. The van der Waals surface area contributed by atoms with Crippen LogP contribution >= 0.6 is 0 Å². The van der Waals surface area contributed by atoms with Crippen molar-refractivity contribution in [3.63, 3.8) is 0 Å². The fraction of sp³-hybridized carbons (Fsp3) is 0.611. The Hall–Kier alpha value is -1.74. The van der Waals surface area contributed by atoms with Gasteiger partial charge >= 0.3 is 5.76 Å².